The Hall–Kier alpha value is -3.84. The third-order valence-corrected chi connectivity index (χ3v) is 5.45. The van der Waals surface area contributed by atoms with Crippen LogP contribution in [0.4, 0.5) is 23.1 Å². The Kier molecular flexibility index (Phi) is 5.12. The lowest BCUT2D eigenvalue weighted by Crippen LogP contribution is -2.11. The van der Waals surface area contributed by atoms with Gasteiger partial charge < -0.3 is 10.2 Å². The van der Waals surface area contributed by atoms with E-state index in [1.165, 1.54) is 17.5 Å². The van der Waals surface area contributed by atoms with E-state index in [0.717, 1.165) is 21.6 Å². The first-order chi connectivity index (χ1) is 14.5. The van der Waals surface area contributed by atoms with Crippen LogP contribution in [0.1, 0.15) is 11.1 Å². The first-order valence-corrected chi connectivity index (χ1v) is 9.96. The number of aryl methyl sites for hydroxylation is 1. The molecule has 3 heterocycles. The highest BCUT2D eigenvalue weighted by Crippen LogP contribution is 2.34. The molecule has 150 valence electrons. The number of para-hydroxylation sites is 1. The summed E-state index contributed by atoms with van der Waals surface area (Å²) in [7, 11) is 5.64. The Morgan fingerprint density at radius 2 is 2.00 bits per heavy atom. The number of benzene rings is 1. The minimum absolute atomic E-state index is 0.319. The lowest BCUT2D eigenvalue weighted by Gasteiger charge is -2.15. The van der Waals surface area contributed by atoms with Gasteiger partial charge in [0, 0.05) is 21.1 Å². The van der Waals surface area contributed by atoms with Crippen molar-refractivity contribution in [3.63, 3.8) is 0 Å². The highest BCUT2D eigenvalue weighted by molar-refractivity contribution is 7.20. The molecule has 3 aromatic heterocycles. The normalized spacial score (nSPS) is 11.2. The molecule has 0 aliphatic rings. The number of thiazole rings is 1. The molecule has 0 aliphatic carbocycles. The summed E-state index contributed by atoms with van der Waals surface area (Å²) in [5, 5.41) is 26.3. The van der Waals surface area contributed by atoms with Crippen LogP contribution >= 0.6 is 11.3 Å². The first kappa shape index (κ1) is 19.5. The molecule has 0 fully saturated rings. The Morgan fingerprint density at radius 3 is 2.70 bits per heavy atom. The molecule has 9 nitrogen and oxygen atoms in total. The molecule has 30 heavy (non-hydrogen) atoms. The molecule has 0 radical (unpaired) electrons. The van der Waals surface area contributed by atoms with E-state index in [9.17, 15) is 5.26 Å². The minimum atomic E-state index is 0.319. The molecule has 0 unspecified atom stereocenters. The second kappa shape index (κ2) is 7.88. The van der Waals surface area contributed by atoms with Crippen LogP contribution in [0.2, 0.25) is 0 Å². The summed E-state index contributed by atoms with van der Waals surface area (Å²) >= 11 is 1.47. The highest BCUT2D eigenvalue weighted by atomic mass is 32.1. The number of nitrogens with zero attached hydrogens (tertiary/aromatic N) is 8. The summed E-state index contributed by atoms with van der Waals surface area (Å²) in [6.07, 6.45) is 1.47. The fraction of sp³-hybridized carbons (Fsp3) is 0.200. The maximum atomic E-state index is 9.52. The number of anilines is 2. The molecule has 1 N–H and O–H groups in total. The van der Waals surface area contributed by atoms with Gasteiger partial charge in [0.05, 0.1) is 16.4 Å². The van der Waals surface area contributed by atoms with Crippen LogP contribution < -0.4 is 10.2 Å². The molecule has 10 heteroatoms. The first-order valence-electron chi connectivity index (χ1n) is 9.14. The van der Waals surface area contributed by atoms with Gasteiger partial charge in [-0.2, -0.15) is 15.0 Å². The second-order valence-electron chi connectivity index (χ2n) is 6.71. The fourth-order valence-corrected chi connectivity index (χ4v) is 3.81. The zero-order chi connectivity index (χ0) is 21.3. The number of aromatic nitrogens is 4. The Balaban J connectivity index is 1.80. The zero-order valence-electron chi connectivity index (χ0n) is 17.0. The number of pyridine rings is 1. The molecule has 0 atom stereocenters. The topological polar surface area (TPSA) is 107 Å². The monoisotopic (exact) mass is 417 g/mol. The van der Waals surface area contributed by atoms with Gasteiger partial charge in [-0.3, -0.25) is 0 Å². The number of nitrogens with one attached hydrogen (secondary N) is 1. The van der Waals surface area contributed by atoms with Crippen molar-refractivity contribution < 1.29 is 0 Å². The predicted octanol–water partition coefficient (Wildman–Crippen LogP) is 4.58. The van der Waals surface area contributed by atoms with Crippen LogP contribution in [0.5, 0.6) is 0 Å². The van der Waals surface area contributed by atoms with E-state index in [-0.39, 0.29) is 0 Å². The van der Waals surface area contributed by atoms with E-state index in [1.54, 1.807) is 11.7 Å². The minimum Gasteiger partial charge on any atom is -0.371 e. The third kappa shape index (κ3) is 3.46. The van der Waals surface area contributed by atoms with Crippen LogP contribution in [-0.4, -0.2) is 40.9 Å². The zero-order valence-corrected chi connectivity index (χ0v) is 17.8. The molecule has 0 saturated carbocycles. The van der Waals surface area contributed by atoms with Crippen molar-refractivity contribution in [1.82, 2.24) is 19.7 Å². The van der Waals surface area contributed by atoms with E-state index < -0.39 is 0 Å². The number of azo groups is 1. The summed E-state index contributed by atoms with van der Waals surface area (Å²) < 4.78 is 2.57. The summed E-state index contributed by atoms with van der Waals surface area (Å²) in [5.41, 5.74) is 2.70. The van der Waals surface area contributed by atoms with Crippen molar-refractivity contribution in [2.75, 3.05) is 31.4 Å². The standard InChI is InChI=1S/C20H19N9S/c1-12-9-16(28(3)4)25-18(22-2)17(12)26-27-19-13(10-21)11-23-29(19)20-24-14-7-5-6-8-15(14)30-20/h5-9,11H,1-4H3,(H,22,25). The molecule has 1 aromatic carbocycles. The molecule has 0 spiro atoms. The third-order valence-electron chi connectivity index (χ3n) is 4.44. The fourth-order valence-electron chi connectivity index (χ4n) is 2.88. The molecular weight excluding hydrogens is 398 g/mol. The SMILES string of the molecule is CNc1nc(N(C)C)cc(C)c1N=Nc1c(C#N)cnn1-c1nc2ccccc2s1. The molecule has 0 aliphatic heterocycles. The Labute approximate surface area is 177 Å². The Morgan fingerprint density at radius 1 is 1.20 bits per heavy atom. The van der Waals surface area contributed by atoms with E-state index in [1.807, 2.05) is 56.3 Å². The summed E-state index contributed by atoms with van der Waals surface area (Å²) in [6, 6.07) is 11.9. The van der Waals surface area contributed by atoms with Gasteiger partial charge >= 0.3 is 0 Å². The van der Waals surface area contributed by atoms with Crippen molar-refractivity contribution in [3.05, 3.63) is 47.7 Å². The molecule has 0 saturated heterocycles. The summed E-state index contributed by atoms with van der Waals surface area (Å²) in [6.45, 7) is 1.94. The largest absolute Gasteiger partial charge is 0.371 e. The average molecular weight is 418 g/mol. The number of nitriles is 1. The van der Waals surface area contributed by atoms with E-state index in [4.69, 9.17) is 0 Å². The number of rotatable bonds is 5. The molecule has 0 amide bonds. The van der Waals surface area contributed by atoms with Crippen LogP contribution in [0.25, 0.3) is 15.3 Å². The van der Waals surface area contributed by atoms with Crippen molar-refractivity contribution in [3.8, 4) is 11.2 Å². The summed E-state index contributed by atoms with van der Waals surface area (Å²) in [4.78, 5) is 11.1. The van der Waals surface area contributed by atoms with Crippen molar-refractivity contribution >= 4 is 44.7 Å². The number of hydrogen-bond acceptors (Lipinski definition) is 9. The van der Waals surface area contributed by atoms with Gasteiger partial charge in [-0.1, -0.05) is 23.5 Å². The van der Waals surface area contributed by atoms with Crippen LogP contribution in [0, 0.1) is 18.3 Å². The number of fused-ring (bicyclic) bond motifs is 1. The quantitative estimate of drug-likeness (QED) is 0.476. The van der Waals surface area contributed by atoms with Gasteiger partial charge in [0.25, 0.3) is 0 Å². The highest BCUT2D eigenvalue weighted by Gasteiger charge is 2.16. The molecular formula is C20H19N9S. The van der Waals surface area contributed by atoms with Crippen molar-refractivity contribution in [2.24, 2.45) is 10.2 Å². The Bertz CT molecular complexity index is 1260. The van der Waals surface area contributed by atoms with Gasteiger partial charge in [-0.15, -0.1) is 10.2 Å². The van der Waals surface area contributed by atoms with Crippen molar-refractivity contribution in [1.29, 1.82) is 5.26 Å². The predicted molar refractivity (Wildman–Crippen MR) is 118 cm³/mol. The summed E-state index contributed by atoms with van der Waals surface area (Å²) in [5.74, 6) is 1.75. The average Bonchev–Trinajstić information content (AvgIpc) is 3.35. The van der Waals surface area contributed by atoms with Gasteiger partial charge in [0.15, 0.2) is 11.6 Å². The lowest BCUT2D eigenvalue weighted by atomic mass is 10.2. The van der Waals surface area contributed by atoms with Crippen LogP contribution in [-0.2, 0) is 0 Å². The van der Waals surface area contributed by atoms with E-state index in [0.29, 0.717) is 28.0 Å². The number of hydrogen-bond donors (Lipinski definition) is 1. The smallest absolute Gasteiger partial charge is 0.213 e. The van der Waals surface area contributed by atoms with Gasteiger partial charge in [-0.05, 0) is 30.7 Å². The van der Waals surface area contributed by atoms with Crippen LogP contribution in [0.3, 0.4) is 0 Å². The van der Waals surface area contributed by atoms with Gasteiger partial charge in [-0.25, -0.2) is 9.97 Å². The second-order valence-corrected chi connectivity index (χ2v) is 7.72. The van der Waals surface area contributed by atoms with Crippen molar-refractivity contribution in [2.45, 2.75) is 6.92 Å². The lowest BCUT2D eigenvalue weighted by molar-refractivity contribution is 0.862. The molecule has 4 aromatic rings. The maximum Gasteiger partial charge on any atom is 0.213 e. The van der Waals surface area contributed by atoms with Gasteiger partial charge in [0.1, 0.15) is 23.1 Å². The van der Waals surface area contributed by atoms with E-state index in [2.05, 4.69) is 36.7 Å². The van der Waals surface area contributed by atoms with Crippen LogP contribution in [0.15, 0.2) is 46.8 Å². The molecule has 4 rings (SSSR count). The van der Waals surface area contributed by atoms with Gasteiger partial charge in [0.2, 0.25) is 5.13 Å². The molecule has 0 bridgehead atoms. The maximum absolute atomic E-state index is 9.52. The van der Waals surface area contributed by atoms with E-state index >= 15 is 0 Å².